The van der Waals surface area contributed by atoms with Crippen molar-refractivity contribution in [2.24, 2.45) is 5.73 Å². The Bertz CT molecular complexity index is 801. The Morgan fingerprint density at radius 1 is 1.36 bits per heavy atom. The molecule has 1 aromatic carbocycles. The first-order valence-electron chi connectivity index (χ1n) is 7.72. The number of esters is 1. The number of nitriles is 1. The van der Waals surface area contributed by atoms with Crippen molar-refractivity contribution in [3.8, 4) is 6.07 Å². The number of carbonyl (C=O) groups excluding carboxylic acids is 2. The van der Waals surface area contributed by atoms with Gasteiger partial charge in [0.15, 0.2) is 0 Å². The predicted octanol–water partition coefficient (Wildman–Crippen LogP) is 2.29. The molecule has 7 heteroatoms. The average molecular weight is 341 g/mol. The molecule has 130 valence electrons. The third-order valence-electron chi connectivity index (χ3n) is 3.67. The number of amides is 1. The number of anilines is 1. The highest BCUT2D eigenvalue weighted by Crippen LogP contribution is 2.39. The molecule has 0 aliphatic carbocycles. The number of benzene rings is 1. The lowest BCUT2D eigenvalue weighted by Crippen LogP contribution is -2.25. The van der Waals surface area contributed by atoms with E-state index in [1.807, 2.05) is 6.07 Å². The first kappa shape index (κ1) is 18.1. The van der Waals surface area contributed by atoms with Crippen LogP contribution in [0, 0.1) is 11.3 Å². The second-order valence-electron chi connectivity index (χ2n) is 5.42. The lowest BCUT2D eigenvalue weighted by atomic mass is 9.83. The van der Waals surface area contributed by atoms with Crippen molar-refractivity contribution in [1.82, 2.24) is 0 Å². The van der Waals surface area contributed by atoms with E-state index >= 15 is 0 Å². The predicted molar refractivity (Wildman–Crippen MR) is 90.7 cm³/mol. The number of nitrogens with one attached hydrogen (secondary N) is 1. The highest BCUT2D eigenvalue weighted by Gasteiger charge is 2.36. The normalized spacial score (nSPS) is 16.8. The summed E-state index contributed by atoms with van der Waals surface area (Å²) >= 11 is 0. The van der Waals surface area contributed by atoms with E-state index in [4.69, 9.17) is 15.2 Å². The van der Waals surface area contributed by atoms with Crippen LogP contribution in [-0.4, -0.2) is 18.5 Å². The molecule has 0 aromatic heterocycles. The van der Waals surface area contributed by atoms with Crippen molar-refractivity contribution >= 4 is 17.6 Å². The molecule has 7 nitrogen and oxygen atoms in total. The molecule has 0 unspecified atom stereocenters. The number of rotatable bonds is 4. The quantitative estimate of drug-likeness (QED) is 0.812. The van der Waals surface area contributed by atoms with Crippen LogP contribution in [0.5, 0.6) is 0 Å². The maximum absolute atomic E-state index is 12.4. The second-order valence-corrected chi connectivity index (χ2v) is 5.42. The highest BCUT2D eigenvalue weighted by atomic mass is 16.5. The Hall–Kier alpha value is -3.27. The fourth-order valence-electron chi connectivity index (χ4n) is 2.65. The first-order chi connectivity index (χ1) is 11.9. The summed E-state index contributed by atoms with van der Waals surface area (Å²) in [5.41, 5.74) is 7.48. The SMILES string of the molecule is CCOC(=O)C1=C(C)OC(N)=C(C#N)[C@H]1c1ccc(NC(C)=O)cc1. The van der Waals surface area contributed by atoms with Gasteiger partial charge in [-0.1, -0.05) is 12.1 Å². The smallest absolute Gasteiger partial charge is 0.338 e. The molecule has 3 N–H and O–H groups in total. The van der Waals surface area contributed by atoms with E-state index < -0.39 is 11.9 Å². The monoisotopic (exact) mass is 341 g/mol. The van der Waals surface area contributed by atoms with Crippen LogP contribution in [0.15, 0.2) is 47.1 Å². The third-order valence-corrected chi connectivity index (χ3v) is 3.67. The highest BCUT2D eigenvalue weighted by molar-refractivity contribution is 5.93. The van der Waals surface area contributed by atoms with Crippen molar-refractivity contribution in [3.63, 3.8) is 0 Å². The summed E-state index contributed by atoms with van der Waals surface area (Å²) in [7, 11) is 0. The maximum Gasteiger partial charge on any atom is 0.338 e. The molecule has 0 saturated heterocycles. The Labute approximate surface area is 145 Å². The van der Waals surface area contributed by atoms with Gasteiger partial charge in [-0.05, 0) is 31.5 Å². The number of ether oxygens (including phenoxy) is 2. The van der Waals surface area contributed by atoms with E-state index in [0.29, 0.717) is 17.0 Å². The van der Waals surface area contributed by atoms with Gasteiger partial charge in [-0.25, -0.2) is 4.79 Å². The van der Waals surface area contributed by atoms with Gasteiger partial charge in [0.1, 0.15) is 17.4 Å². The molecule has 1 aliphatic rings. The van der Waals surface area contributed by atoms with Crippen molar-refractivity contribution in [2.75, 3.05) is 11.9 Å². The topological polar surface area (TPSA) is 114 Å². The maximum atomic E-state index is 12.4. The van der Waals surface area contributed by atoms with Gasteiger partial charge in [0.25, 0.3) is 0 Å². The molecule has 1 aliphatic heterocycles. The molecule has 1 amide bonds. The van der Waals surface area contributed by atoms with Crippen LogP contribution in [0.4, 0.5) is 5.69 Å². The molecule has 25 heavy (non-hydrogen) atoms. The average Bonchev–Trinajstić information content (AvgIpc) is 2.54. The zero-order chi connectivity index (χ0) is 18.6. The lowest BCUT2D eigenvalue weighted by molar-refractivity contribution is -0.139. The third kappa shape index (κ3) is 3.80. The van der Waals surface area contributed by atoms with Crippen LogP contribution < -0.4 is 11.1 Å². The summed E-state index contributed by atoms with van der Waals surface area (Å²) < 4.78 is 10.5. The van der Waals surface area contributed by atoms with E-state index in [9.17, 15) is 14.9 Å². The molecule has 1 heterocycles. The number of nitrogens with two attached hydrogens (primary N) is 1. The van der Waals surface area contributed by atoms with E-state index in [1.165, 1.54) is 6.92 Å². The van der Waals surface area contributed by atoms with Crippen molar-refractivity contribution in [2.45, 2.75) is 26.7 Å². The van der Waals surface area contributed by atoms with Crippen LogP contribution in [0.3, 0.4) is 0 Å². The number of allylic oxidation sites excluding steroid dienone is 2. The van der Waals surface area contributed by atoms with Gasteiger partial charge in [0.05, 0.1) is 18.1 Å². The fourth-order valence-corrected chi connectivity index (χ4v) is 2.65. The van der Waals surface area contributed by atoms with Crippen LogP contribution in [0.25, 0.3) is 0 Å². The number of nitrogens with zero attached hydrogens (tertiary/aromatic N) is 1. The van der Waals surface area contributed by atoms with E-state index in [-0.39, 0.29) is 29.5 Å². The van der Waals surface area contributed by atoms with Crippen LogP contribution in [0.1, 0.15) is 32.3 Å². The molecule has 2 rings (SSSR count). The molecule has 1 aromatic rings. The van der Waals surface area contributed by atoms with Gasteiger partial charge in [0.2, 0.25) is 11.8 Å². The number of hydrogen-bond acceptors (Lipinski definition) is 6. The minimum absolute atomic E-state index is 0.0380. The van der Waals surface area contributed by atoms with Gasteiger partial charge >= 0.3 is 5.97 Å². The van der Waals surface area contributed by atoms with E-state index in [1.54, 1.807) is 38.1 Å². The molecule has 0 fully saturated rings. The first-order valence-corrected chi connectivity index (χ1v) is 7.72. The Kier molecular flexibility index (Phi) is 5.45. The molecular formula is C18H19N3O4. The minimum Gasteiger partial charge on any atom is -0.463 e. The summed E-state index contributed by atoms with van der Waals surface area (Å²) in [5.74, 6) is -1.18. The van der Waals surface area contributed by atoms with Gasteiger partial charge in [0, 0.05) is 12.6 Å². The second kappa shape index (κ2) is 7.53. The van der Waals surface area contributed by atoms with Crippen molar-refractivity contribution < 1.29 is 19.1 Å². The number of carbonyl (C=O) groups is 2. The number of hydrogen-bond donors (Lipinski definition) is 2. The van der Waals surface area contributed by atoms with E-state index in [2.05, 4.69) is 5.32 Å². The van der Waals surface area contributed by atoms with Gasteiger partial charge in [-0.2, -0.15) is 5.26 Å². The van der Waals surface area contributed by atoms with Gasteiger partial charge in [-0.15, -0.1) is 0 Å². The molecule has 0 saturated carbocycles. The molecule has 0 spiro atoms. The summed E-state index contributed by atoms with van der Waals surface area (Å²) in [5, 5.41) is 12.1. The van der Waals surface area contributed by atoms with Crippen LogP contribution in [-0.2, 0) is 19.1 Å². The van der Waals surface area contributed by atoms with Crippen LogP contribution >= 0.6 is 0 Å². The molecular weight excluding hydrogens is 322 g/mol. The summed E-state index contributed by atoms with van der Waals surface area (Å²) in [4.78, 5) is 23.5. The zero-order valence-corrected chi connectivity index (χ0v) is 14.3. The lowest BCUT2D eigenvalue weighted by Gasteiger charge is -2.26. The fraction of sp³-hybridized carbons (Fsp3) is 0.278. The minimum atomic E-state index is -0.691. The Balaban J connectivity index is 2.50. The Morgan fingerprint density at radius 3 is 2.52 bits per heavy atom. The summed E-state index contributed by atoms with van der Waals surface area (Å²) in [6.45, 7) is 4.91. The van der Waals surface area contributed by atoms with Crippen molar-refractivity contribution in [1.29, 1.82) is 5.26 Å². The van der Waals surface area contributed by atoms with E-state index in [0.717, 1.165) is 0 Å². The summed E-state index contributed by atoms with van der Waals surface area (Å²) in [6, 6.07) is 8.84. The Morgan fingerprint density at radius 2 is 2.00 bits per heavy atom. The van der Waals surface area contributed by atoms with Gasteiger partial charge < -0.3 is 20.5 Å². The molecule has 0 bridgehead atoms. The molecule has 1 atom stereocenters. The zero-order valence-electron chi connectivity index (χ0n) is 14.3. The van der Waals surface area contributed by atoms with Crippen LogP contribution in [0.2, 0.25) is 0 Å². The van der Waals surface area contributed by atoms with Gasteiger partial charge in [-0.3, -0.25) is 4.79 Å². The summed E-state index contributed by atoms with van der Waals surface area (Å²) in [6.07, 6.45) is 0. The standard InChI is InChI=1S/C18H19N3O4/c1-4-24-18(23)15-10(2)25-17(20)14(9-19)16(15)12-5-7-13(8-6-12)21-11(3)22/h5-8,16H,4,20H2,1-3H3,(H,21,22)/t16-/m1/s1. The van der Waals surface area contributed by atoms with Crippen molar-refractivity contribution in [3.05, 3.63) is 52.6 Å². The largest absolute Gasteiger partial charge is 0.463 e. The molecule has 0 radical (unpaired) electrons.